The zero-order valence-corrected chi connectivity index (χ0v) is 54.4. The van der Waals surface area contributed by atoms with Crippen molar-refractivity contribution in [1.82, 2.24) is 0 Å². The second-order valence-corrected chi connectivity index (χ2v) is 25.3. The van der Waals surface area contributed by atoms with Gasteiger partial charge in [0.1, 0.15) is 19.8 Å². The van der Waals surface area contributed by atoms with E-state index in [2.05, 4.69) is 98.9 Å². The third-order valence-corrected chi connectivity index (χ3v) is 15.7. The van der Waals surface area contributed by atoms with Gasteiger partial charge in [-0.2, -0.15) is 0 Å². The number of unbranched alkanes of at least 4 members (excludes halogenated alkanes) is 34. The number of phosphoric ester groups is 1. The van der Waals surface area contributed by atoms with E-state index < -0.39 is 26.5 Å². The minimum atomic E-state index is -4.41. The highest BCUT2D eigenvalue weighted by Gasteiger charge is 2.27. The summed E-state index contributed by atoms with van der Waals surface area (Å²) >= 11 is 0. The summed E-state index contributed by atoms with van der Waals surface area (Å²) in [7, 11) is 1.44. The van der Waals surface area contributed by atoms with Crippen molar-refractivity contribution in [2.75, 3.05) is 47.5 Å². The van der Waals surface area contributed by atoms with Crippen LogP contribution in [0.5, 0.6) is 0 Å². The van der Waals surface area contributed by atoms with Crippen LogP contribution in [0.4, 0.5) is 0 Å². The Labute approximate surface area is 501 Å². The summed E-state index contributed by atoms with van der Waals surface area (Å²) in [5.41, 5.74) is 0. The molecule has 0 aliphatic carbocycles. The van der Waals surface area contributed by atoms with Gasteiger partial charge in [-0.25, -0.2) is 4.57 Å². The first-order valence-electron chi connectivity index (χ1n) is 33.8. The molecule has 0 bridgehead atoms. The molecular weight excluding hydrogens is 1030 g/mol. The van der Waals surface area contributed by atoms with Crippen LogP contribution in [0.2, 0.25) is 0 Å². The Balaban J connectivity index is 4.07. The van der Waals surface area contributed by atoms with Gasteiger partial charge in [-0.3, -0.25) is 18.6 Å². The molecule has 0 spiro atoms. The van der Waals surface area contributed by atoms with Crippen LogP contribution in [0, 0.1) is 0 Å². The average Bonchev–Trinajstić information content (AvgIpc) is 3.43. The SMILES string of the molecule is CC/C=C\C/C=C\C/C=C\C/C=C\C/C=C\C/C=C\C/C=C\CCCC(=O)OC(COC(=O)CCCCCCCCCCCCCCCCCCCCCCCCCCCCCCCCCCCC)COP(=O)(O)OCC[N+](C)(C)C. The molecule has 9 nitrogen and oxygen atoms in total. The molecule has 2 unspecified atom stereocenters. The number of nitrogens with zero attached hydrogens (tertiary/aromatic N) is 1. The van der Waals surface area contributed by atoms with Crippen LogP contribution in [0.25, 0.3) is 0 Å². The molecule has 0 fully saturated rings. The van der Waals surface area contributed by atoms with Crippen molar-refractivity contribution in [2.24, 2.45) is 0 Å². The van der Waals surface area contributed by atoms with E-state index in [9.17, 15) is 19.0 Å². The first-order valence-corrected chi connectivity index (χ1v) is 35.3. The van der Waals surface area contributed by atoms with Gasteiger partial charge in [0.05, 0.1) is 27.7 Å². The van der Waals surface area contributed by atoms with E-state index in [1.807, 2.05) is 21.1 Å². The first-order chi connectivity index (χ1) is 39.5. The zero-order chi connectivity index (χ0) is 59.1. The molecule has 0 rings (SSSR count). The fraction of sp³-hybridized carbons (Fsp3) is 0.775. The first kappa shape index (κ1) is 78.2. The van der Waals surface area contributed by atoms with Crippen LogP contribution in [0.3, 0.4) is 0 Å². The van der Waals surface area contributed by atoms with E-state index in [0.717, 1.165) is 64.2 Å². The second kappa shape index (κ2) is 61.7. The Morgan fingerprint density at radius 3 is 1.04 bits per heavy atom. The van der Waals surface area contributed by atoms with E-state index in [1.165, 1.54) is 199 Å². The van der Waals surface area contributed by atoms with Crippen molar-refractivity contribution in [3.63, 3.8) is 0 Å². The molecule has 0 amide bonds. The molecule has 0 saturated carbocycles. The molecule has 10 heteroatoms. The van der Waals surface area contributed by atoms with E-state index in [0.29, 0.717) is 23.9 Å². The number of hydrogen-bond acceptors (Lipinski definition) is 7. The smallest absolute Gasteiger partial charge is 0.462 e. The molecule has 81 heavy (non-hydrogen) atoms. The molecular formula is C71H129NO8P+. The fourth-order valence-corrected chi connectivity index (χ4v) is 10.3. The van der Waals surface area contributed by atoms with E-state index in [-0.39, 0.29) is 32.0 Å². The number of allylic oxidation sites excluding steroid dienone is 14. The Kier molecular flexibility index (Phi) is 59.6. The maximum absolute atomic E-state index is 12.8. The van der Waals surface area contributed by atoms with Crippen molar-refractivity contribution in [2.45, 2.75) is 309 Å². The molecule has 0 heterocycles. The van der Waals surface area contributed by atoms with Crippen LogP contribution in [-0.4, -0.2) is 74.9 Å². The van der Waals surface area contributed by atoms with E-state index >= 15 is 0 Å². The molecule has 0 aromatic carbocycles. The second-order valence-electron chi connectivity index (χ2n) is 23.8. The van der Waals surface area contributed by atoms with Gasteiger partial charge in [0.15, 0.2) is 6.10 Å². The number of ether oxygens (including phenoxy) is 2. The van der Waals surface area contributed by atoms with Gasteiger partial charge in [-0.05, 0) is 64.2 Å². The number of quaternary nitrogens is 1. The number of carbonyl (C=O) groups is 2. The summed E-state index contributed by atoms with van der Waals surface area (Å²) in [6.45, 7) is 4.29. The Morgan fingerprint density at radius 2 is 0.704 bits per heavy atom. The maximum atomic E-state index is 12.8. The van der Waals surface area contributed by atoms with Gasteiger partial charge in [0.2, 0.25) is 0 Å². The molecule has 0 aliphatic rings. The summed E-state index contributed by atoms with van der Waals surface area (Å²) in [6.07, 6.45) is 84.3. The lowest BCUT2D eigenvalue weighted by atomic mass is 10.0. The van der Waals surface area contributed by atoms with Gasteiger partial charge < -0.3 is 18.9 Å². The van der Waals surface area contributed by atoms with Crippen molar-refractivity contribution in [3.8, 4) is 0 Å². The summed E-state index contributed by atoms with van der Waals surface area (Å²) in [6, 6.07) is 0. The molecule has 470 valence electrons. The highest BCUT2D eigenvalue weighted by atomic mass is 31.2. The standard InChI is InChI=1S/C71H128NO8P/c1-6-8-10-12-14-16-18-20-22-24-26-28-30-31-32-33-34-35-36-37-38-39-40-42-43-45-47-49-51-53-55-57-59-61-63-70(73)77-67-69(68-79-81(75,76)78-66-65-72(3,4)5)80-71(74)64-62-60-58-56-54-52-50-48-46-44-41-29-27-25-23-21-19-17-15-13-11-9-7-2/h9,11,15,17,21,23,27,29,44,46,50,52,56,58,69H,6-8,10,12-14,16,18-20,22,24-26,28,30-43,45,47-49,51,53-55,57,59-68H2,1-5H3/p+1/b11-9-,17-15-,23-21-,29-27-,46-44-,52-50-,58-56-. The maximum Gasteiger partial charge on any atom is 0.472 e. The lowest BCUT2D eigenvalue weighted by Gasteiger charge is -2.24. The minimum Gasteiger partial charge on any atom is -0.462 e. The van der Waals surface area contributed by atoms with Crippen LogP contribution in [0.15, 0.2) is 85.1 Å². The Bertz CT molecular complexity index is 1640. The molecule has 1 N–H and O–H groups in total. The summed E-state index contributed by atoms with van der Waals surface area (Å²) in [5, 5.41) is 0. The normalized spacial score (nSPS) is 13.7. The number of hydrogen-bond donors (Lipinski definition) is 1. The summed E-state index contributed by atoms with van der Waals surface area (Å²) in [4.78, 5) is 35.8. The monoisotopic (exact) mass is 1150 g/mol. The van der Waals surface area contributed by atoms with Gasteiger partial charge in [-0.1, -0.05) is 311 Å². The summed E-state index contributed by atoms with van der Waals surface area (Å²) < 4.78 is 34.6. The number of rotatable bonds is 62. The van der Waals surface area contributed by atoms with Gasteiger partial charge in [0.25, 0.3) is 0 Å². The predicted octanol–water partition coefficient (Wildman–Crippen LogP) is 21.8. The third-order valence-electron chi connectivity index (χ3n) is 14.7. The van der Waals surface area contributed by atoms with Gasteiger partial charge in [-0.15, -0.1) is 0 Å². The lowest BCUT2D eigenvalue weighted by Crippen LogP contribution is -2.37. The van der Waals surface area contributed by atoms with Crippen molar-refractivity contribution < 1.29 is 42.1 Å². The number of carbonyl (C=O) groups excluding carboxylic acids is 2. The largest absolute Gasteiger partial charge is 0.472 e. The Morgan fingerprint density at radius 1 is 0.395 bits per heavy atom. The summed E-state index contributed by atoms with van der Waals surface area (Å²) in [5.74, 6) is -0.861. The Hall–Kier alpha value is -2.81. The van der Waals surface area contributed by atoms with E-state index in [4.69, 9.17) is 18.5 Å². The van der Waals surface area contributed by atoms with Gasteiger partial charge >= 0.3 is 19.8 Å². The molecule has 0 saturated heterocycles. The lowest BCUT2D eigenvalue weighted by molar-refractivity contribution is -0.870. The van der Waals surface area contributed by atoms with E-state index in [1.54, 1.807) is 0 Å². The quantitative estimate of drug-likeness (QED) is 0.0211. The van der Waals surface area contributed by atoms with Crippen molar-refractivity contribution in [3.05, 3.63) is 85.1 Å². The fourth-order valence-electron chi connectivity index (χ4n) is 9.54. The molecule has 0 aromatic heterocycles. The average molecular weight is 1160 g/mol. The van der Waals surface area contributed by atoms with Gasteiger partial charge in [0, 0.05) is 12.8 Å². The molecule has 2 atom stereocenters. The third kappa shape index (κ3) is 66.2. The minimum absolute atomic E-state index is 0.0179. The van der Waals surface area contributed by atoms with Crippen LogP contribution in [-0.2, 0) is 32.7 Å². The van der Waals surface area contributed by atoms with Crippen LogP contribution in [0.1, 0.15) is 303 Å². The molecule has 0 radical (unpaired) electrons. The highest BCUT2D eigenvalue weighted by molar-refractivity contribution is 7.47. The topological polar surface area (TPSA) is 108 Å². The van der Waals surface area contributed by atoms with Crippen LogP contribution >= 0.6 is 7.82 Å². The number of esters is 2. The zero-order valence-electron chi connectivity index (χ0n) is 53.5. The number of likely N-dealkylation sites (N-methyl/N-ethyl adjacent to an activating group) is 1. The van der Waals surface area contributed by atoms with Crippen molar-refractivity contribution >= 4 is 19.8 Å². The predicted molar refractivity (Wildman–Crippen MR) is 349 cm³/mol. The molecule has 0 aromatic rings. The molecule has 0 aliphatic heterocycles. The highest BCUT2D eigenvalue weighted by Crippen LogP contribution is 2.43. The van der Waals surface area contributed by atoms with Crippen LogP contribution < -0.4 is 0 Å². The number of phosphoric acid groups is 1. The van der Waals surface area contributed by atoms with Crippen molar-refractivity contribution in [1.29, 1.82) is 0 Å².